The van der Waals surface area contributed by atoms with Crippen molar-refractivity contribution in [3.8, 4) is 11.5 Å². The molecule has 0 fully saturated rings. The van der Waals surface area contributed by atoms with Crippen LogP contribution in [0.1, 0.15) is 22.8 Å². The number of rotatable bonds is 6. The van der Waals surface area contributed by atoms with Gasteiger partial charge in [0, 0.05) is 15.6 Å². The summed E-state index contributed by atoms with van der Waals surface area (Å²) in [5, 5.41) is 0.293. The molecule has 2 aromatic carbocycles. The number of carbonyl (C=O) groups excluding carboxylic acids is 1. The molecule has 6 heteroatoms. The molecular formula is C16H13BrClFO3. The summed E-state index contributed by atoms with van der Waals surface area (Å²) in [7, 11) is 0. The molecule has 2 aromatic rings. The Labute approximate surface area is 141 Å². The Morgan fingerprint density at radius 1 is 1.23 bits per heavy atom. The van der Waals surface area contributed by atoms with E-state index in [-0.39, 0.29) is 6.61 Å². The summed E-state index contributed by atoms with van der Waals surface area (Å²) in [6.07, 6.45) is 0.729. The summed E-state index contributed by atoms with van der Waals surface area (Å²) in [4.78, 5) is 11.0. The summed E-state index contributed by atoms with van der Waals surface area (Å²) in [6.45, 7) is 2.43. The smallest absolute Gasteiger partial charge is 0.162 e. The maximum atomic E-state index is 13.0. The molecule has 0 radical (unpaired) electrons. The zero-order valence-electron chi connectivity index (χ0n) is 11.7. The predicted octanol–water partition coefficient (Wildman–Crippen LogP) is 5.03. The number of hydrogen-bond acceptors (Lipinski definition) is 3. The fraction of sp³-hybridized carbons (Fsp3) is 0.188. The van der Waals surface area contributed by atoms with Crippen LogP contribution in [0.5, 0.6) is 11.5 Å². The Kier molecular flexibility index (Phi) is 5.80. The molecule has 3 nitrogen and oxygen atoms in total. The van der Waals surface area contributed by atoms with Crippen LogP contribution in [0.3, 0.4) is 0 Å². The van der Waals surface area contributed by atoms with Crippen LogP contribution in [0.25, 0.3) is 0 Å². The minimum atomic E-state index is -0.401. The first-order valence-electron chi connectivity index (χ1n) is 6.53. The molecule has 0 heterocycles. The predicted molar refractivity (Wildman–Crippen MR) is 86.4 cm³/mol. The molecular weight excluding hydrogens is 375 g/mol. The van der Waals surface area contributed by atoms with Gasteiger partial charge in [0.05, 0.1) is 11.6 Å². The lowest BCUT2D eigenvalue weighted by Crippen LogP contribution is -2.01. The SMILES string of the molecule is CCOc1cc(C=O)c(Br)cc1OCc1ccc(F)cc1Cl. The molecule has 0 atom stereocenters. The second-order valence-corrected chi connectivity index (χ2v) is 5.66. The van der Waals surface area contributed by atoms with E-state index in [0.717, 1.165) is 6.29 Å². The van der Waals surface area contributed by atoms with Crippen LogP contribution < -0.4 is 9.47 Å². The number of halogens is 3. The molecule has 2 rings (SSSR count). The molecule has 0 aliphatic rings. The Morgan fingerprint density at radius 3 is 2.59 bits per heavy atom. The topological polar surface area (TPSA) is 35.5 Å². The number of aldehydes is 1. The second-order valence-electron chi connectivity index (χ2n) is 4.40. The number of carbonyl (C=O) groups is 1. The van der Waals surface area contributed by atoms with Gasteiger partial charge in [-0.25, -0.2) is 4.39 Å². The fourth-order valence-corrected chi connectivity index (χ4v) is 2.45. The Balaban J connectivity index is 2.24. The van der Waals surface area contributed by atoms with Crippen LogP contribution in [0.4, 0.5) is 4.39 Å². The highest BCUT2D eigenvalue weighted by Gasteiger charge is 2.12. The van der Waals surface area contributed by atoms with Crippen LogP contribution >= 0.6 is 27.5 Å². The van der Waals surface area contributed by atoms with Crippen molar-refractivity contribution in [2.24, 2.45) is 0 Å². The van der Waals surface area contributed by atoms with Crippen LogP contribution in [0, 0.1) is 5.82 Å². The first kappa shape index (κ1) is 16.8. The van der Waals surface area contributed by atoms with Crippen molar-refractivity contribution in [1.29, 1.82) is 0 Å². The number of hydrogen-bond donors (Lipinski definition) is 0. The van der Waals surface area contributed by atoms with Gasteiger partial charge < -0.3 is 9.47 Å². The first-order valence-corrected chi connectivity index (χ1v) is 7.70. The van der Waals surface area contributed by atoms with Gasteiger partial charge in [-0.15, -0.1) is 0 Å². The van der Waals surface area contributed by atoms with Gasteiger partial charge in [0.1, 0.15) is 12.4 Å². The Morgan fingerprint density at radius 2 is 1.95 bits per heavy atom. The largest absolute Gasteiger partial charge is 0.490 e. The van der Waals surface area contributed by atoms with Gasteiger partial charge >= 0.3 is 0 Å². The maximum Gasteiger partial charge on any atom is 0.162 e. The molecule has 0 unspecified atom stereocenters. The quantitative estimate of drug-likeness (QED) is 0.652. The molecule has 0 amide bonds. The molecule has 22 heavy (non-hydrogen) atoms. The molecule has 0 aromatic heterocycles. The summed E-state index contributed by atoms with van der Waals surface area (Å²) in [5.41, 5.74) is 1.12. The third-order valence-corrected chi connectivity index (χ3v) is 3.93. The van der Waals surface area contributed by atoms with E-state index < -0.39 is 5.82 Å². The van der Waals surface area contributed by atoms with E-state index >= 15 is 0 Å². The minimum absolute atomic E-state index is 0.159. The zero-order valence-corrected chi connectivity index (χ0v) is 14.1. The molecule has 0 aliphatic heterocycles. The van der Waals surface area contributed by atoms with E-state index in [4.69, 9.17) is 21.1 Å². The highest BCUT2D eigenvalue weighted by Crippen LogP contribution is 2.34. The third kappa shape index (κ3) is 3.99. The Bertz CT molecular complexity index is 691. The fourth-order valence-electron chi connectivity index (χ4n) is 1.82. The number of ether oxygens (including phenoxy) is 2. The van der Waals surface area contributed by atoms with E-state index in [1.807, 2.05) is 6.92 Å². The molecule has 116 valence electrons. The van der Waals surface area contributed by atoms with Gasteiger partial charge in [0.25, 0.3) is 0 Å². The van der Waals surface area contributed by atoms with Gasteiger partial charge in [-0.1, -0.05) is 17.7 Å². The lowest BCUT2D eigenvalue weighted by Gasteiger charge is -2.14. The molecule has 0 bridgehead atoms. The normalized spacial score (nSPS) is 10.4. The zero-order chi connectivity index (χ0) is 16.1. The summed E-state index contributed by atoms with van der Waals surface area (Å²) >= 11 is 9.27. The van der Waals surface area contributed by atoms with E-state index in [1.54, 1.807) is 18.2 Å². The van der Waals surface area contributed by atoms with Crippen molar-refractivity contribution in [2.75, 3.05) is 6.61 Å². The highest BCUT2D eigenvalue weighted by molar-refractivity contribution is 9.10. The standard InChI is InChI=1S/C16H13BrClFO3/c1-2-21-15-5-11(8-20)13(17)7-16(15)22-9-10-3-4-12(19)6-14(10)18/h3-8H,2,9H2,1H3. The van der Waals surface area contributed by atoms with E-state index in [9.17, 15) is 9.18 Å². The van der Waals surface area contributed by atoms with Crippen molar-refractivity contribution in [1.82, 2.24) is 0 Å². The van der Waals surface area contributed by atoms with Crippen LogP contribution in [0.15, 0.2) is 34.8 Å². The van der Waals surface area contributed by atoms with Crippen LogP contribution in [-0.2, 0) is 6.61 Å². The van der Waals surface area contributed by atoms with Crippen molar-refractivity contribution in [3.63, 3.8) is 0 Å². The molecule has 0 aliphatic carbocycles. The average Bonchev–Trinajstić information content (AvgIpc) is 2.48. The first-order chi connectivity index (χ1) is 10.5. The highest BCUT2D eigenvalue weighted by atomic mass is 79.9. The van der Waals surface area contributed by atoms with Crippen molar-refractivity contribution in [3.05, 3.63) is 56.8 Å². The van der Waals surface area contributed by atoms with Gasteiger partial charge in [-0.2, -0.15) is 0 Å². The van der Waals surface area contributed by atoms with Crippen LogP contribution in [-0.4, -0.2) is 12.9 Å². The van der Waals surface area contributed by atoms with Crippen molar-refractivity contribution < 1.29 is 18.7 Å². The van der Waals surface area contributed by atoms with Crippen LogP contribution in [0.2, 0.25) is 5.02 Å². The van der Waals surface area contributed by atoms with Gasteiger partial charge in [-0.3, -0.25) is 4.79 Å². The second kappa shape index (κ2) is 7.61. The number of benzene rings is 2. The molecule has 0 spiro atoms. The minimum Gasteiger partial charge on any atom is -0.490 e. The lowest BCUT2D eigenvalue weighted by atomic mass is 10.2. The summed E-state index contributed by atoms with van der Waals surface area (Å²) < 4.78 is 24.8. The van der Waals surface area contributed by atoms with E-state index in [1.165, 1.54) is 12.1 Å². The molecule has 0 N–H and O–H groups in total. The van der Waals surface area contributed by atoms with E-state index in [0.29, 0.717) is 38.7 Å². The monoisotopic (exact) mass is 386 g/mol. The van der Waals surface area contributed by atoms with E-state index in [2.05, 4.69) is 15.9 Å². The van der Waals surface area contributed by atoms with Gasteiger partial charge in [0.2, 0.25) is 0 Å². The Hall–Kier alpha value is -1.59. The average molecular weight is 388 g/mol. The lowest BCUT2D eigenvalue weighted by molar-refractivity contribution is 0.112. The third-order valence-electron chi connectivity index (χ3n) is 2.89. The summed E-state index contributed by atoms with van der Waals surface area (Å²) in [6, 6.07) is 7.37. The maximum absolute atomic E-state index is 13.0. The molecule has 0 saturated carbocycles. The summed E-state index contributed by atoms with van der Waals surface area (Å²) in [5.74, 6) is 0.535. The van der Waals surface area contributed by atoms with Gasteiger partial charge in [0.15, 0.2) is 17.8 Å². The van der Waals surface area contributed by atoms with Crippen molar-refractivity contribution >= 4 is 33.8 Å². The van der Waals surface area contributed by atoms with Gasteiger partial charge in [-0.05, 0) is 47.1 Å². The molecule has 0 saturated heterocycles. The van der Waals surface area contributed by atoms with Crippen molar-refractivity contribution in [2.45, 2.75) is 13.5 Å².